The molecule has 0 amide bonds. The molecule has 12 rings (SSSR count). The number of para-hydroxylation sites is 6. The Morgan fingerprint density at radius 1 is 0.569 bits per heavy atom. The lowest BCUT2D eigenvalue weighted by Gasteiger charge is -2.51. The van der Waals surface area contributed by atoms with Crippen molar-refractivity contribution in [3.05, 3.63) is 204 Å². The van der Waals surface area contributed by atoms with Crippen molar-refractivity contribution < 1.29 is 0 Å². The van der Waals surface area contributed by atoms with Crippen molar-refractivity contribution in [2.45, 2.75) is 37.4 Å². The van der Waals surface area contributed by atoms with Crippen molar-refractivity contribution in [2.75, 3.05) is 14.7 Å². The molecule has 5 nitrogen and oxygen atoms in total. The Bertz CT molecular complexity index is 2740. The predicted octanol–water partition coefficient (Wildman–Crippen LogP) is 9.39. The zero-order valence-corrected chi connectivity index (χ0v) is 32.6. The second-order valence-electron chi connectivity index (χ2n) is 16.9. The van der Waals surface area contributed by atoms with Gasteiger partial charge in [-0.15, -0.1) is 0 Å². The molecule has 7 aromatic carbocycles. The lowest BCUT2D eigenvalue weighted by atomic mass is 9.32. The van der Waals surface area contributed by atoms with E-state index in [2.05, 4.69) is 198 Å². The minimum Gasteiger partial charge on any atom is -0.334 e. The molecule has 0 saturated carbocycles. The summed E-state index contributed by atoms with van der Waals surface area (Å²) in [4.78, 5) is 7.49. The highest BCUT2D eigenvalue weighted by molar-refractivity contribution is 7.00. The molecule has 58 heavy (non-hydrogen) atoms. The molecular formula is C52H42BN5. The van der Waals surface area contributed by atoms with E-state index in [1.54, 1.807) is 0 Å². The summed E-state index contributed by atoms with van der Waals surface area (Å²) in [5.41, 5.74) is 33.3. The average molecular weight is 748 g/mol. The second-order valence-corrected chi connectivity index (χ2v) is 16.9. The minimum atomic E-state index is -1.15. The molecule has 1 unspecified atom stereocenters. The van der Waals surface area contributed by atoms with Crippen molar-refractivity contribution >= 4 is 74.2 Å². The van der Waals surface area contributed by atoms with Gasteiger partial charge in [0.05, 0.1) is 17.4 Å². The van der Waals surface area contributed by atoms with Crippen LogP contribution in [0.1, 0.15) is 48.1 Å². The fraction of sp³-hybridized carbons (Fsp3) is 0.115. The highest BCUT2D eigenvalue weighted by Crippen LogP contribution is 2.56. The van der Waals surface area contributed by atoms with Gasteiger partial charge in [-0.3, -0.25) is 0 Å². The zero-order chi connectivity index (χ0) is 38.9. The van der Waals surface area contributed by atoms with Gasteiger partial charge in [0.25, 0.3) is 6.71 Å². The Hall–Kier alpha value is -6.60. The topological polar surface area (TPSA) is 61.8 Å². The third-order valence-corrected chi connectivity index (χ3v) is 13.4. The summed E-state index contributed by atoms with van der Waals surface area (Å²) in [7, 11) is 0. The predicted molar refractivity (Wildman–Crippen MR) is 242 cm³/mol. The Labute approximate surface area is 340 Å². The summed E-state index contributed by atoms with van der Waals surface area (Å²) in [6.45, 7) is 4.74. The minimum absolute atomic E-state index is 0.0101. The Balaban J connectivity index is 1.10. The first kappa shape index (κ1) is 33.5. The second kappa shape index (κ2) is 12.0. The molecule has 0 radical (unpaired) electrons. The summed E-state index contributed by atoms with van der Waals surface area (Å²) in [6.07, 6.45) is 8.02. The summed E-state index contributed by atoms with van der Waals surface area (Å²) in [5.74, 6) is 0. The van der Waals surface area contributed by atoms with E-state index in [-0.39, 0.29) is 18.2 Å². The van der Waals surface area contributed by atoms with Crippen LogP contribution in [-0.2, 0) is 11.1 Å². The normalized spacial score (nSPS) is 18.0. The number of nitrogens with two attached hydrogens (primary N) is 2. The van der Waals surface area contributed by atoms with Crippen molar-refractivity contribution in [1.82, 2.24) is 0 Å². The van der Waals surface area contributed by atoms with Crippen LogP contribution in [0.2, 0.25) is 0 Å². The van der Waals surface area contributed by atoms with Crippen LogP contribution in [0.15, 0.2) is 176 Å². The van der Waals surface area contributed by atoms with Crippen molar-refractivity contribution in [1.29, 1.82) is 0 Å². The van der Waals surface area contributed by atoms with E-state index >= 15 is 0 Å². The molecule has 4 heterocycles. The highest BCUT2D eigenvalue weighted by atomic mass is 15.2. The maximum atomic E-state index is 7.21. The number of hydrogen-bond acceptors (Lipinski definition) is 5. The van der Waals surface area contributed by atoms with Crippen molar-refractivity contribution in [2.24, 2.45) is 11.5 Å². The van der Waals surface area contributed by atoms with Crippen molar-refractivity contribution in [3.8, 4) is 0 Å². The SMILES string of the molecule is CC1(C)c2ccccc2N2c3cc(C4=CCC(N(c5ccccc5)c5ccccc5)C=C4)cc4c3B(c3cccc1c32)c1cccc2c1N4c1ccccc1C2(N)N. The van der Waals surface area contributed by atoms with E-state index in [4.69, 9.17) is 11.5 Å². The fourth-order valence-corrected chi connectivity index (χ4v) is 10.8. The Morgan fingerprint density at radius 2 is 1.09 bits per heavy atom. The highest BCUT2D eigenvalue weighted by Gasteiger charge is 2.51. The number of anilines is 8. The molecule has 7 aromatic rings. The third kappa shape index (κ3) is 4.44. The van der Waals surface area contributed by atoms with E-state index in [0.29, 0.717) is 0 Å². The van der Waals surface area contributed by atoms with Gasteiger partial charge in [0.2, 0.25) is 0 Å². The Morgan fingerprint density at radius 3 is 1.69 bits per heavy atom. The first-order chi connectivity index (χ1) is 28.3. The zero-order valence-electron chi connectivity index (χ0n) is 32.6. The van der Waals surface area contributed by atoms with Crippen LogP contribution in [-0.4, -0.2) is 12.8 Å². The van der Waals surface area contributed by atoms with Crippen LogP contribution in [0.25, 0.3) is 5.57 Å². The lowest BCUT2D eigenvalue weighted by molar-refractivity contribution is 0.562. The summed E-state index contributed by atoms with van der Waals surface area (Å²) >= 11 is 0. The van der Waals surface area contributed by atoms with Gasteiger partial charge in [-0.25, -0.2) is 0 Å². The van der Waals surface area contributed by atoms with Crippen LogP contribution in [0.4, 0.5) is 45.5 Å². The molecule has 1 atom stereocenters. The van der Waals surface area contributed by atoms with Gasteiger partial charge in [-0.05, 0) is 93.6 Å². The summed E-state index contributed by atoms with van der Waals surface area (Å²) in [6, 6.07) is 57.5. The Kier molecular flexibility index (Phi) is 6.92. The molecule has 0 spiro atoms. The lowest BCUT2D eigenvalue weighted by Crippen LogP contribution is -2.64. The summed E-state index contributed by atoms with van der Waals surface area (Å²) in [5, 5.41) is 0. The molecule has 0 fully saturated rings. The quantitative estimate of drug-likeness (QED) is 0.139. The van der Waals surface area contributed by atoms with Crippen molar-refractivity contribution in [3.63, 3.8) is 0 Å². The van der Waals surface area contributed by atoms with Crippen LogP contribution in [0.5, 0.6) is 0 Å². The molecule has 5 aliphatic rings. The van der Waals surface area contributed by atoms with E-state index in [1.807, 2.05) is 6.07 Å². The van der Waals surface area contributed by atoms with Gasteiger partial charge in [0, 0.05) is 50.7 Å². The molecule has 4 N–H and O–H groups in total. The molecule has 4 aliphatic heterocycles. The molecular weight excluding hydrogens is 705 g/mol. The first-order valence-corrected chi connectivity index (χ1v) is 20.4. The number of nitrogens with zero attached hydrogens (tertiary/aromatic N) is 3. The van der Waals surface area contributed by atoms with E-state index in [0.717, 1.165) is 28.9 Å². The number of allylic oxidation sites excluding steroid dienone is 2. The first-order valence-electron chi connectivity index (χ1n) is 20.4. The summed E-state index contributed by atoms with van der Waals surface area (Å²) < 4.78 is 0. The fourth-order valence-electron chi connectivity index (χ4n) is 10.8. The number of fused-ring (bicyclic) bond motifs is 8. The van der Waals surface area contributed by atoms with E-state index in [1.165, 1.54) is 72.8 Å². The largest absolute Gasteiger partial charge is 0.334 e. The van der Waals surface area contributed by atoms with Gasteiger partial charge >= 0.3 is 0 Å². The van der Waals surface area contributed by atoms with Gasteiger partial charge in [0.1, 0.15) is 5.66 Å². The van der Waals surface area contributed by atoms with Crippen LogP contribution >= 0.6 is 0 Å². The smallest absolute Gasteiger partial charge is 0.252 e. The van der Waals surface area contributed by atoms with Crippen LogP contribution in [0.3, 0.4) is 0 Å². The third-order valence-electron chi connectivity index (χ3n) is 13.4. The standard InChI is InChI=1S/C52H42BN5/c1-51(2)38-19-9-11-25-44(38)57-46-31-34(33-27-29-37(30-28-33)56(35-15-5-3-6-16-35)36-17-7-4-8-18-36)32-47-48(46)53(42-23-13-21-40(51)49(42)57)43-24-14-22-41-50(43)58(47)45-26-12-10-20-39(45)52(41,54)55/h3-29,31-32,37H,30,54-55H2,1-2H3. The van der Waals surface area contributed by atoms with Crippen LogP contribution in [0, 0.1) is 0 Å². The molecule has 6 heteroatoms. The monoisotopic (exact) mass is 747 g/mol. The number of hydrogen-bond donors (Lipinski definition) is 2. The van der Waals surface area contributed by atoms with Gasteiger partial charge in [-0.2, -0.15) is 0 Å². The maximum absolute atomic E-state index is 7.21. The molecule has 278 valence electrons. The van der Waals surface area contributed by atoms with E-state index < -0.39 is 5.66 Å². The van der Waals surface area contributed by atoms with E-state index in [9.17, 15) is 0 Å². The van der Waals surface area contributed by atoms with Gasteiger partial charge < -0.3 is 26.2 Å². The number of benzene rings is 7. The molecule has 0 aromatic heterocycles. The maximum Gasteiger partial charge on any atom is 0.252 e. The molecule has 1 aliphatic carbocycles. The average Bonchev–Trinajstić information content (AvgIpc) is 3.26. The van der Waals surface area contributed by atoms with Gasteiger partial charge in [0.15, 0.2) is 0 Å². The molecule has 0 bridgehead atoms. The molecule has 0 saturated heterocycles. The van der Waals surface area contributed by atoms with Gasteiger partial charge in [-0.1, -0.05) is 141 Å². The van der Waals surface area contributed by atoms with Crippen LogP contribution < -0.4 is 42.6 Å². The number of rotatable bonds is 4.